The van der Waals surface area contributed by atoms with E-state index in [0.29, 0.717) is 6.42 Å². The summed E-state index contributed by atoms with van der Waals surface area (Å²) in [7, 11) is 0. The second-order valence-corrected chi connectivity index (χ2v) is 2.74. The van der Waals surface area contributed by atoms with Crippen LogP contribution >= 0.6 is 0 Å². The van der Waals surface area contributed by atoms with Gasteiger partial charge in [-0.05, 0) is 12.0 Å². The van der Waals surface area contributed by atoms with E-state index in [4.69, 9.17) is 22.2 Å². The number of carboxylic acid groups (broad SMARTS) is 1. The first-order valence-electron chi connectivity index (χ1n) is 4.18. The van der Waals surface area contributed by atoms with Crippen LogP contribution in [0.2, 0.25) is 0 Å². The Bertz CT molecular complexity index is 329. The quantitative estimate of drug-likeness (QED) is 0.696. The Balaban J connectivity index is 0.000000583. The van der Waals surface area contributed by atoms with Gasteiger partial charge in [-0.3, -0.25) is 4.79 Å². The first-order chi connectivity index (χ1) is 7.11. The van der Waals surface area contributed by atoms with Crippen LogP contribution in [0.25, 0.3) is 0 Å². The van der Waals surface area contributed by atoms with Crippen LogP contribution in [0.4, 0.5) is 0 Å². The summed E-state index contributed by atoms with van der Waals surface area (Å²) in [6.07, 6.45) is 0.385. The van der Waals surface area contributed by atoms with Crippen LogP contribution in [-0.4, -0.2) is 23.1 Å². The highest BCUT2D eigenvalue weighted by Crippen LogP contribution is 2.01. The highest BCUT2D eigenvalue weighted by atomic mass is 16.4. The monoisotopic (exact) mass is 205 g/mol. The number of aliphatic carboxylic acids is 1. The van der Waals surface area contributed by atoms with E-state index in [2.05, 4.69) is 0 Å². The second-order valence-electron chi connectivity index (χ2n) is 2.74. The maximum atomic E-state index is 10.4. The smallest absolute Gasteiger partial charge is 0.320 e. The van der Waals surface area contributed by atoms with Gasteiger partial charge >= 0.3 is 5.97 Å². The summed E-state index contributed by atoms with van der Waals surface area (Å²) >= 11 is 0. The maximum absolute atomic E-state index is 10.4. The average molecular weight is 205 g/mol. The summed E-state index contributed by atoms with van der Waals surface area (Å²) in [5.41, 5.74) is 6.30. The van der Waals surface area contributed by atoms with Crippen LogP contribution < -0.4 is 5.73 Å². The molecule has 0 unspecified atom stereocenters. The molecule has 0 fully saturated rings. The van der Waals surface area contributed by atoms with Gasteiger partial charge in [-0.15, -0.1) is 0 Å². The number of hydrogen-bond acceptors (Lipinski definition) is 3. The van der Waals surface area contributed by atoms with E-state index in [1.54, 1.807) is 0 Å². The fourth-order valence-electron chi connectivity index (χ4n) is 0.955. The minimum atomic E-state index is -0.959. The predicted octanol–water partition coefficient (Wildman–Crippen LogP) is 0.325. The van der Waals surface area contributed by atoms with E-state index in [9.17, 15) is 4.79 Å². The van der Waals surface area contributed by atoms with Gasteiger partial charge in [0.25, 0.3) is 0 Å². The topological polar surface area (TPSA) is 80.4 Å². The molecule has 0 aliphatic carbocycles. The third-order valence-corrected chi connectivity index (χ3v) is 1.62. The fourth-order valence-corrected chi connectivity index (χ4v) is 0.955. The second kappa shape index (κ2) is 7.50. The summed E-state index contributed by atoms with van der Waals surface area (Å²) in [4.78, 5) is 18.7. The lowest BCUT2D eigenvalue weighted by Gasteiger charge is -2.04. The molecule has 1 aromatic rings. The Kier molecular flexibility index (Phi) is 6.55. The van der Waals surface area contributed by atoms with Gasteiger partial charge in [0.2, 0.25) is 0 Å². The van der Waals surface area contributed by atoms with Crippen molar-refractivity contribution >= 4 is 11.9 Å². The van der Waals surface area contributed by atoms with E-state index in [1.165, 1.54) is 0 Å². The molecule has 0 saturated heterocycles. The van der Waals surface area contributed by atoms with Gasteiger partial charge in [-0.2, -0.15) is 0 Å². The normalized spacial score (nSPS) is 10.5. The number of hydrogen-bond donors (Lipinski definition) is 2. The predicted molar refractivity (Wildman–Crippen MR) is 54.7 cm³/mol. The molecule has 1 aromatic carbocycles. The summed E-state index contributed by atoms with van der Waals surface area (Å²) in [5.74, 6) is -0.209. The van der Waals surface area contributed by atoms with Crippen molar-refractivity contribution in [1.82, 2.24) is 0 Å². The lowest BCUT2D eigenvalue weighted by Crippen LogP contribution is -2.32. The molecule has 78 valence electrons. The van der Waals surface area contributed by atoms with Crippen molar-refractivity contribution in [3.63, 3.8) is 0 Å². The molecular weight excluding hydrogens is 194 g/mol. The average Bonchev–Trinajstić information content (AvgIpc) is 2.20. The minimum absolute atomic E-state index is 0.385. The SMILES string of the molecule is N[C@@H](Cc1ccccc1)C(=O)O.[C]=C=O. The molecule has 3 N–H and O–H groups in total. The van der Waals surface area contributed by atoms with Gasteiger partial charge < -0.3 is 10.8 Å². The third-order valence-electron chi connectivity index (χ3n) is 1.62. The zero-order valence-electron chi connectivity index (χ0n) is 8.01. The largest absolute Gasteiger partial charge is 0.480 e. The Morgan fingerprint density at radius 2 is 1.93 bits per heavy atom. The van der Waals surface area contributed by atoms with Crippen LogP contribution in [0.5, 0.6) is 0 Å². The van der Waals surface area contributed by atoms with E-state index in [1.807, 2.05) is 30.3 Å². The van der Waals surface area contributed by atoms with Gasteiger partial charge in [-0.25, -0.2) is 4.79 Å². The van der Waals surface area contributed by atoms with Crippen LogP contribution in [0.15, 0.2) is 30.3 Å². The van der Waals surface area contributed by atoms with Crippen molar-refractivity contribution in [3.8, 4) is 0 Å². The van der Waals surface area contributed by atoms with E-state index >= 15 is 0 Å². The van der Waals surface area contributed by atoms with Crippen LogP contribution in [0.3, 0.4) is 0 Å². The molecule has 0 bridgehead atoms. The zero-order chi connectivity index (χ0) is 11.7. The van der Waals surface area contributed by atoms with Crippen LogP contribution in [0, 0.1) is 6.58 Å². The molecule has 0 spiro atoms. The number of carboxylic acids is 1. The van der Waals surface area contributed by atoms with Gasteiger partial charge in [0.05, 0.1) is 6.58 Å². The van der Waals surface area contributed by atoms with Gasteiger partial charge in [0.1, 0.15) is 12.0 Å². The Morgan fingerprint density at radius 1 is 1.47 bits per heavy atom. The third kappa shape index (κ3) is 6.21. The molecule has 0 aliphatic heterocycles. The number of rotatable bonds is 3. The molecule has 4 nitrogen and oxygen atoms in total. The first-order valence-corrected chi connectivity index (χ1v) is 4.18. The molecule has 1 atom stereocenters. The molecule has 0 aliphatic rings. The number of benzene rings is 1. The summed E-state index contributed by atoms with van der Waals surface area (Å²) < 4.78 is 0. The Labute approximate surface area is 88.0 Å². The molecule has 1 rings (SSSR count). The molecule has 0 aromatic heterocycles. The molecule has 0 heterocycles. The van der Waals surface area contributed by atoms with E-state index < -0.39 is 12.0 Å². The molecule has 0 saturated carbocycles. The molecule has 2 radical (unpaired) electrons. The van der Waals surface area contributed by atoms with Crippen molar-refractivity contribution in [2.24, 2.45) is 5.73 Å². The number of nitrogens with two attached hydrogens (primary N) is 1. The van der Waals surface area contributed by atoms with Gasteiger partial charge in [0, 0.05) is 0 Å². The standard InChI is InChI=1S/C9H11NO2.C2O/c10-8(9(11)12)6-7-4-2-1-3-5-7;1-2-3/h1-5,8H,6,10H2,(H,11,12);/t8-;/m0./s1. The van der Waals surface area contributed by atoms with Crippen molar-refractivity contribution in [2.45, 2.75) is 12.5 Å². The minimum Gasteiger partial charge on any atom is -0.480 e. The lowest BCUT2D eigenvalue weighted by atomic mass is 10.1. The zero-order valence-corrected chi connectivity index (χ0v) is 8.01. The molecule has 4 heteroatoms. The van der Waals surface area contributed by atoms with Crippen molar-refractivity contribution in [1.29, 1.82) is 0 Å². The van der Waals surface area contributed by atoms with Gasteiger partial charge in [-0.1, -0.05) is 30.3 Å². The van der Waals surface area contributed by atoms with Gasteiger partial charge in [0.15, 0.2) is 0 Å². The highest BCUT2D eigenvalue weighted by molar-refractivity contribution is 5.73. The fraction of sp³-hybridized carbons (Fsp3) is 0.182. The summed E-state index contributed by atoms with van der Waals surface area (Å²) in [6, 6.07) is 8.54. The summed E-state index contributed by atoms with van der Waals surface area (Å²) in [6.45, 7) is 5.40. The van der Waals surface area contributed by atoms with E-state index in [-0.39, 0.29) is 0 Å². The van der Waals surface area contributed by atoms with E-state index in [0.717, 1.165) is 11.5 Å². The Hall–Kier alpha value is -1.90. The highest BCUT2D eigenvalue weighted by Gasteiger charge is 2.10. The number of carbonyl (C=O) groups excluding carboxylic acids is 1. The van der Waals surface area contributed by atoms with Crippen molar-refractivity contribution in [2.75, 3.05) is 0 Å². The van der Waals surface area contributed by atoms with Crippen LogP contribution in [0.1, 0.15) is 5.56 Å². The lowest BCUT2D eigenvalue weighted by molar-refractivity contribution is -0.138. The van der Waals surface area contributed by atoms with Crippen LogP contribution in [-0.2, 0) is 16.0 Å². The molecular formula is C11H11NO3. The molecule has 15 heavy (non-hydrogen) atoms. The van der Waals surface area contributed by atoms with Crippen molar-refractivity contribution in [3.05, 3.63) is 42.5 Å². The first kappa shape index (κ1) is 13.1. The maximum Gasteiger partial charge on any atom is 0.320 e. The number of carbonyl (C=O) groups is 1. The molecule has 0 amide bonds. The Morgan fingerprint density at radius 3 is 2.33 bits per heavy atom. The van der Waals surface area contributed by atoms with Crippen molar-refractivity contribution < 1.29 is 14.7 Å². The summed E-state index contributed by atoms with van der Waals surface area (Å²) in [5, 5.41) is 8.52.